The van der Waals surface area contributed by atoms with E-state index in [2.05, 4.69) is 40.5 Å². The van der Waals surface area contributed by atoms with Crippen LogP contribution in [0.25, 0.3) is 22.3 Å². The maximum absolute atomic E-state index is 4.60. The molecule has 0 bridgehead atoms. The van der Waals surface area contributed by atoms with Crippen LogP contribution in [0.3, 0.4) is 0 Å². The Kier molecular flexibility index (Phi) is 2.82. The van der Waals surface area contributed by atoms with Crippen molar-refractivity contribution in [1.29, 1.82) is 0 Å². The number of nitrogens with zero attached hydrogens (tertiary/aromatic N) is 2. The van der Waals surface area contributed by atoms with E-state index in [-0.39, 0.29) is 0 Å². The van der Waals surface area contributed by atoms with Crippen molar-refractivity contribution in [1.82, 2.24) is 9.97 Å². The first-order valence-corrected chi connectivity index (χ1v) is 7.37. The van der Waals surface area contributed by atoms with E-state index in [1.165, 1.54) is 4.90 Å². The Morgan fingerprint density at radius 3 is 2.59 bits per heavy atom. The molecule has 0 fully saturated rings. The standard InChI is InChI=1S/C13H10N2S2/c1-16-10-4-2-9(3-5-10)11-6-14-12-7-17-8-13(12)15-11/h2-8H,1H3. The Bertz CT molecular complexity index is 644. The van der Waals surface area contributed by atoms with Gasteiger partial charge in [-0.25, -0.2) is 4.98 Å². The van der Waals surface area contributed by atoms with E-state index in [1.54, 1.807) is 23.1 Å². The van der Waals surface area contributed by atoms with Crippen LogP contribution in [0, 0.1) is 0 Å². The summed E-state index contributed by atoms with van der Waals surface area (Å²) in [4.78, 5) is 10.3. The molecule has 0 amide bonds. The second-order valence-electron chi connectivity index (χ2n) is 3.63. The molecule has 0 N–H and O–H groups in total. The molecule has 17 heavy (non-hydrogen) atoms. The summed E-state index contributed by atoms with van der Waals surface area (Å²) in [6.07, 6.45) is 3.91. The molecule has 0 saturated carbocycles. The van der Waals surface area contributed by atoms with Crippen molar-refractivity contribution in [3.8, 4) is 11.3 Å². The zero-order valence-electron chi connectivity index (χ0n) is 9.25. The fourth-order valence-electron chi connectivity index (χ4n) is 1.65. The molecule has 3 aromatic rings. The minimum atomic E-state index is 0.934. The predicted octanol–water partition coefficient (Wildman–Crippen LogP) is 4.08. The quantitative estimate of drug-likeness (QED) is 0.648. The lowest BCUT2D eigenvalue weighted by Gasteiger charge is -2.01. The van der Waals surface area contributed by atoms with Gasteiger partial charge in [-0.1, -0.05) is 12.1 Å². The topological polar surface area (TPSA) is 25.8 Å². The molecule has 2 heterocycles. The number of hydrogen-bond acceptors (Lipinski definition) is 4. The van der Waals surface area contributed by atoms with Crippen molar-refractivity contribution in [3.05, 3.63) is 41.2 Å². The van der Waals surface area contributed by atoms with Gasteiger partial charge in [-0.3, -0.25) is 4.98 Å². The summed E-state index contributed by atoms with van der Waals surface area (Å²) in [7, 11) is 0. The van der Waals surface area contributed by atoms with Gasteiger partial charge in [0.2, 0.25) is 0 Å². The molecule has 0 aliphatic heterocycles. The molecule has 2 aromatic heterocycles. The van der Waals surface area contributed by atoms with Crippen LogP contribution in [-0.2, 0) is 0 Å². The largest absolute Gasteiger partial charge is 0.251 e. The molecule has 0 saturated heterocycles. The van der Waals surface area contributed by atoms with E-state index in [0.29, 0.717) is 0 Å². The number of thiophene rings is 1. The van der Waals surface area contributed by atoms with E-state index in [4.69, 9.17) is 0 Å². The SMILES string of the molecule is CSc1ccc(-c2cnc3cscc3n2)cc1. The summed E-state index contributed by atoms with van der Waals surface area (Å²) >= 11 is 3.38. The summed E-state index contributed by atoms with van der Waals surface area (Å²) < 4.78 is 0. The molecule has 0 unspecified atom stereocenters. The number of thioether (sulfide) groups is 1. The van der Waals surface area contributed by atoms with Gasteiger partial charge in [0.05, 0.1) is 17.4 Å². The smallest absolute Gasteiger partial charge is 0.100 e. The highest BCUT2D eigenvalue weighted by molar-refractivity contribution is 7.98. The first kappa shape index (κ1) is 10.7. The van der Waals surface area contributed by atoms with E-state index >= 15 is 0 Å². The van der Waals surface area contributed by atoms with Gasteiger partial charge in [0.25, 0.3) is 0 Å². The Labute approximate surface area is 108 Å². The molecule has 0 spiro atoms. The maximum Gasteiger partial charge on any atom is 0.100 e. The number of aromatic nitrogens is 2. The summed E-state index contributed by atoms with van der Waals surface area (Å²) in [6.45, 7) is 0. The van der Waals surface area contributed by atoms with Crippen molar-refractivity contribution in [3.63, 3.8) is 0 Å². The van der Waals surface area contributed by atoms with Gasteiger partial charge >= 0.3 is 0 Å². The second-order valence-corrected chi connectivity index (χ2v) is 5.25. The number of hydrogen-bond donors (Lipinski definition) is 0. The first-order valence-electron chi connectivity index (χ1n) is 5.20. The third kappa shape index (κ3) is 2.06. The van der Waals surface area contributed by atoms with Gasteiger partial charge in [0.15, 0.2) is 0 Å². The van der Waals surface area contributed by atoms with E-state index in [9.17, 15) is 0 Å². The predicted molar refractivity (Wildman–Crippen MR) is 74.6 cm³/mol. The van der Waals surface area contributed by atoms with Crippen LogP contribution in [0.4, 0.5) is 0 Å². The summed E-state index contributed by atoms with van der Waals surface area (Å²) in [5.41, 5.74) is 3.99. The van der Waals surface area contributed by atoms with Crippen molar-refractivity contribution in [2.75, 3.05) is 6.26 Å². The molecule has 84 valence electrons. The van der Waals surface area contributed by atoms with Gasteiger partial charge in [0.1, 0.15) is 5.52 Å². The minimum Gasteiger partial charge on any atom is -0.251 e. The van der Waals surface area contributed by atoms with Crippen LogP contribution in [-0.4, -0.2) is 16.2 Å². The van der Waals surface area contributed by atoms with Gasteiger partial charge in [-0.05, 0) is 18.4 Å². The van der Waals surface area contributed by atoms with Crippen molar-refractivity contribution < 1.29 is 0 Å². The second kappa shape index (κ2) is 4.47. The number of rotatable bonds is 2. The molecular weight excluding hydrogens is 248 g/mol. The Morgan fingerprint density at radius 1 is 1.06 bits per heavy atom. The van der Waals surface area contributed by atoms with Crippen LogP contribution < -0.4 is 0 Å². The molecule has 2 nitrogen and oxygen atoms in total. The van der Waals surface area contributed by atoms with E-state index in [0.717, 1.165) is 22.3 Å². The molecule has 1 aromatic carbocycles. The lowest BCUT2D eigenvalue weighted by atomic mass is 10.1. The van der Waals surface area contributed by atoms with Crippen LogP contribution in [0.15, 0.2) is 46.1 Å². The van der Waals surface area contributed by atoms with Crippen LogP contribution >= 0.6 is 23.1 Å². The van der Waals surface area contributed by atoms with Gasteiger partial charge in [0, 0.05) is 21.2 Å². The van der Waals surface area contributed by atoms with Crippen molar-refractivity contribution in [2.24, 2.45) is 0 Å². The molecule has 0 atom stereocenters. The Balaban J connectivity index is 2.06. The van der Waals surface area contributed by atoms with E-state index in [1.807, 2.05) is 17.0 Å². The lowest BCUT2D eigenvalue weighted by Crippen LogP contribution is -1.85. The number of benzene rings is 1. The highest BCUT2D eigenvalue weighted by Gasteiger charge is 2.03. The average molecular weight is 258 g/mol. The molecular formula is C13H10N2S2. The van der Waals surface area contributed by atoms with Gasteiger partial charge < -0.3 is 0 Å². The monoisotopic (exact) mass is 258 g/mol. The first-order chi connectivity index (χ1) is 8.36. The normalized spacial score (nSPS) is 10.9. The third-order valence-corrected chi connectivity index (χ3v) is 4.04. The molecule has 4 heteroatoms. The summed E-state index contributed by atoms with van der Waals surface area (Å²) in [6, 6.07) is 8.40. The lowest BCUT2D eigenvalue weighted by molar-refractivity contribution is 1.30. The fourth-order valence-corrected chi connectivity index (χ4v) is 2.74. The highest BCUT2D eigenvalue weighted by Crippen LogP contribution is 2.23. The van der Waals surface area contributed by atoms with Crippen LogP contribution in [0.5, 0.6) is 0 Å². The fraction of sp³-hybridized carbons (Fsp3) is 0.0769. The molecule has 0 aliphatic rings. The zero-order valence-corrected chi connectivity index (χ0v) is 10.9. The maximum atomic E-state index is 4.60. The highest BCUT2D eigenvalue weighted by atomic mass is 32.2. The average Bonchev–Trinajstić information content (AvgIpc) is 2.86. The zero-order chi connectivity index (χ0) is 11.7. The molecule has 0 aliphatic carbocycles. The summed E-state index contributed by atoms with van der Waals surface area (Å²) in [5.74, 6) is 0. The Morgan fingerprint density at radius 2 is 1.82 bits per heavy atom. The van der Waals surface area contributed by atoms with Crippen molar-refractivity contribution in [2.45, 2.75) is 4.90 Å². The third-order valence-electron chi connectivity index (χ3n) is 2.57. The van der Waals surface area contributed by atoms with Gasteiger partial charge in [-0.2, -0.15) is 0 Å². The van der Waals surface area contributed by atoms with Gasteiger partial charge in [-0.15, -0.1) is 23.1 Å². The molecule has 0 radical (unpaired) electrons. The van der Waals surface area contributed by atoms with Crippen LogP contribution in [0.2, 0.25) is 0 Å². The Hall–Kier alpha value is -1.39. The van der Waals surface area contributed by atoms with E-state index < -0.39 is 0 Å². The minimum absolute atomic E-state index is 0.934. The summed E-state index contributed by atoms with van der Waals surface area (Å²) in [5, 5.41) is 4.05. The molecule has 3 rings (SSSR count). The van der Waals surface area contributed by atoms with Crippen LogP contribution in [0.1, 0.15) is 0 Å². The number of fused-ring (bicyclic) bond motifs is 1. The van der Waals surface area contributed by atoms with Crippen molar-refractivity contribution >= 4 is 34.1 Å².